The van der Waals surface area contributed by atoms with Gasteiger partial charge in [-0.15, -0.1) is 0 Å². The van der Waals surface area contributed by atoms with Crippen LogP contribution in [0, 0.1) is 5.82 Å². The van der Waals surface area contributed by atoms with Gasteiger partial charge in [0.05, 0.1) is 10.6 Å². The third kappa shape index (κ3) is 2.19. The Bertz CT molecular complexity index is 328. The molecule has 0 spiro atoms. The topological polar surface area (TPSA) is 20.2 Å². The predicted octanol–water partition coefficient (Wildman–Crippen LogP) is 2.95. The average Bonchev–Trinajstić information content (AvgIpc) is 2.09. The fourth-order valence-electron chi connectivity index (χ4n) is 1.06. The second-order valence-electron chi connectivity index (χ2n) is 2.78. The third-order valence-electron chi connectivity index (χ3n) is 1.77. The molecule has 78 valence electrons. The molecule has 1 aromatic rings. The van der Waals surface area contributed by atoms with E-state index in [1.54, 1.807) is 0 Å². The Morgan fingerprint density at radius 2 is 2.00 bits per heavy atom. The zero-order valence-corrected chi connectivity index (χ0v) is 7.86. The van der Waals surface area contributed by atoms with Crippen molar-refractivity contribution in [1.82, 2.24) is 0 Å². The molecule has 0 saturated carbocycles. The molecular formula is C9H8ClF3O. The molecule has 0 heterocycles. The van der Waals surface area contributed by atoms with E-state index in [-0.39, 0.29) is 5.02 Å². The number of benzene rings is 1. The molecule has 0 amide bonds. The van der Waals surface area contributed by atoms with Crippen molar-refractivity contribution in [2.45, 2.75) is 12.3 Å². The molecule has 0 aliphatic carbocycles. The lowest BCUT2D eigenvalue weighted by Crippen LogP contribution is -2.17. The van der Waals surface area contributed by atoms with E-state index in [1.807, 2.05) is 0 Å². The summed E-state index contributed by atoms with van der Waals surface area (Å²) in [5, 5.41) is 8.04. The molecule has 0 atom stereocenters. The minimum absolute atomic E-state index is 0.347. The van der Waals surface area contributed by atoms with Gasteiger partial charge in [-0.1, -0.05) is 17.7 Å². The van der Waals surface area contributed by atoms with Crippen LogP contribution in [0.25, 0.3) is 0 Å². The van der Waals surface area contributed by atoms with Crippen LogP contribution in [0.1, 0.15) is 12.0 Å². The van der Waals surface area contributed by atoms with Crippen LogP contribution in [0.3, 0.4) is 0 Å². The molecule has 0 saturated heterocycles. The van der Waals surface area contributed by atoms with Crippen molar-refractivity contribution in [3.8, 4) is 0 Å². The Kier molecular flexibility index (Phi) is 3.39. The Hall–Kier alpha value is -0.740. The van der Waals surface area contributed by atoms with Gasteiger partial charge in [-0.2, -0.15) is 0 Å². The van der Waals surface area contributed by atoms with Crippen molar-refractivity contribution >= 4 is 11.6 Å². The van der Waals surface area contributed by atoms with Crippen molar-refractivity contribution in [1.29, 1.82) is 0 Å². The standard InChI is InChI=1S/C9H8ClF3O/c10-7-3-1-2-6(8(7)11)9(12,13)4-5-14/h1-3,14H,4-5H2. The van der Waals surface area contributed by atoms with Gasteiger partial charge in [-0.3, -0.25) is 0 Å². The third-order valence-corrected chi connectivity index (χ3v) is 2.06. The summed E-state index contributed by atoms with van der Waals surface area (Å²) in [6.45, 7) is -0.709. The monoisotopic (exact) mass is 224 g/mol. The molecule has 1 N–H and O–H groups in total. The molecule has 1 nitrogen and oxygen atoms in total. The van der Waals surface area contributed by atoms with Gasteiger partial charge in [-0.25, -0.2) is 13.2 Å². The molecule has 1 aromatic carbocycles. The number of alkyl halides is 2. The molecule has 1 rings (SSSR count). The number of aliphatic hydroxyl groups is 1. The smallest absolute Gasteiger partial charge is 0.278 e. The first-order chi connectivity index (χ1) is 6.49. The normalized spacial score (nSPS) is 11.8. The van der Waals surface area contributed by atoms with Crippen LogP contribution in [0.15, 0.2) is 18.2 Å². The molecule has 0 fully saturated rings. The van der Waals surface area contributed by atoms with Gasteiger partial charge < -0.3 is 5.11 Å². The maximum Gasteiger partial charge on any atom is 0.278 e. The SMILES string of the molecule is OCCC(F)(F)c1cccc(Cl)c1F. The van der Waals surface area contributed by atoms with E-state index in [9.17, 15) is 13.2 Å². The van der Waals surface area contributed by atoms with E-state index in [4.69, 9.17) is 16.7 Å². The van der Waals surface area contributed by atoms with Crippen LogP contribution in [0.4, 0.5) is 13.2 Å². The lowest BCUT2D eigenvalue weighted by molar-refractivity contribution is -0.0299. The van der Waals surface area contributed by atoms with Gasteiger partial charge in [0.15, 0.2) is 5.82 Å². The van der Waals surface area contributed by atoms with Crippen LogP contribution in [-0.4, -0.2) is 11.7 Å². The molecule has 0 aliphatic rings. The molecule has 14 heavy (non-hydrogen) atoms. The van der Waals surface area contributed by atoms with Crippen molar-refractivity contribution in [2.24, 2.45) is 0 Å². The van der Waals surface area contributed by atoms with Gasteiger partial charge in [0.1, 0.15) is 0 Å². The van der Waals surface area contributed by atoms with Gasteiger partial charge >= 0.3 is 0 Å². The minimum atomic E-state index is -3.39. The zero-order valence-electron chi connectivity index (χ0n) is 7.11. The summed E-state index contributed by atoms with van der Waals surface area (Å²) >= 11 is 5.35. The molecule has 0 radical (unpaired) electrons. The lowest BCUT2D eigenvalue weighted by atomic mass is 10.1. The Morgan fingerprint density at radius 1 is 1.36 bits per heavy atom. The highest BCUT2D eigenvalue weighted by Crippen LogP contribution is 2.35. The van der Waals surface area contributed by atoms with Gasteiger partial charge in [0.25, 0.3) is 5.92 Å². The van der Waals surface area contributed by atoms with Gasteiger partial charge in [0.2, 0.25) is 0 Å². The van der Waals surface area contributed by atoms with Crippen LogP contribution in [-0.2, 0) is 5.92 Å². The second-order valence-corrected chi connectivity index (χ2v) is 3.19. The first-order valence-corrected chi connectivity index (χ1v) is 4.30. The molecule has 0 bridgehead atoms. The summed E-state index contributed by atoms with van der Waals surface area (Å²) in [7, 11) is 0. The zero-order chi connectivity index (χ0) is 10.8. The lowest BCUT2D eigenvalue weighted by Gasteiger charge is -2.16. The highest BCUT2D eigenvalue weighted by molar-refractivity contribution is 6.30. The van der Waals surface area contributed by atoms with E-state index in [1.165, 1.54) is 12.1 Å². The number of hydrogen-bond donors (Lipinski definition) is 1. The van der Waals surface area contributed by atoms with Gasteiger partial charge in [0, 0.05) is 13.0 Å². The minimum Gasteiger partial charge on any atom is -0.396 e. The Balaban J connectivity index is 3.12. The highest BCUT2D eigenvalue weighted by Gasteiger charge is 2.34. The maximum absolute atomic E-state index is 13.1. The summed E-state index contributed by atoms with van der Waals surface area (Å²) < 4.78 is 39.4. The number of rotatable bonds is 3. The number of aliphatic hydroxyl groups excluding tert-OH is 1. The number of hydrogen-bond acceptors (Lipinski definition) is 1. The first kappa shape index (κ1) is 11.3. The summed E-state index contributed by atoms with van der Waals surface area (Å²) in [5.41, 5.74) is -0.779. The largest absolute Gasteiger partial charge is 0.396 e. The summed E-state index contributed by atoms with van der Waals surface area (Å²) in [4.78, 5) is 0. The van der Waals surface area contributed by atoms with Gasteiger partial charge in [-0.05, 0) is 12.1 Å². The van der Waals surface area contributed by atoms with Crippen molar-refractivity contribution in [3.63, 3.8) is 0 Å². The summed E-state index contributed by atoms with van der Waals surface area (Å²) in [6, 6.07) is 3.39. The van der Waals surface area contributed by atoms with E-state index in [0.29, 0.717) is 0 Å². The van der Waals surface area contributed by atoms with Crippen molar-refractivity contribution in [3.05, 3.63) is 34.6 Å². The number of halogens is 4. The fourth-order valence-corrected chi connectivity index (χ4v) is 1.24. The molecular weight excluding hydrogens is 217 g/mol. The molecule has 5 heteroatoms. The van der Waals surface area contributed by atoms with E-state index < -0.39 is 30.3 Å². The Morgan fingerprint density at radius 3 is 2.57 bits per heavy atom. The maximum atomic E-state index is 13.1. The van der Waals surface area contributed by atoms with Crippen molar-refractivity contribution in [2.75, 3.05) is 6.61 Å². The predicted molar refractivity (Wildman–Crippen MR) is 47.0 cm³/mol. The van der Waals surface area contributed by atoms with Crippen LogP contribution < -0.4 is 0 Å². The summed E-state index contributed by atoms with van der Waals surface area (Å²) in [6.07, 6.45) is -0.815. The first-order valence-electron chi connectivity index (χ1n) is 3.92. The Labute approximate surface area is 84.1 Å². The summed E-state index contributed by atoms with van der Waals surface area (Å²) in [5.74, 6) is -4.52. The molecule has 0 unspecified atom stereocenters. The van der Waals surface area contributed by atoms with E-state index in [2.05, 4.69) is 0 Å². The fraction of sp³-hybridized carbons (Fsp3) is 0.333. The second kappa shape index (κ2) is 4.19. The van der Waals surface area contributed by atoms with Crippen LogP contribution >= 0.6 is 11.6 Å². The van der Waals surface area contributed by atoms with E-state index in [0.717, 1.165) is 6.07 Å². The molecule has 0 aliphatic heterocycles. The average molecular weight is 225 g/mol. The quantitative estimate of drug-likeness (QED) is 0.837. The van der Waals surface area contributed by atoms with Crippen molar-refractivity contribution < 1.29 is 18.3 Å². The van der Waals surface area contributed by atoms with Crippen LogP contribution in [0.2, 0.25) is 5.02 Å². The highest BCUT2D eigenvalue weighted by atomic mass is 35.5. The van der Waals surface area contributed by atoms with Crippen LogP contribution in [0.5, 0.6) is 0 Å². The molecule has 0 aromatic heterocycles. The van der Waals surface area contributed by atoms with E-state index >= 15 is 0 Å².